The van der Waals surface area contributed by atoms with Gasteiger partial charge in [0.25, 0.3) is 0 Å². The molecule has 0 spiro atoms. The summed E-state index contributed by atoms with van der Waals surface area (Å²) in [7, 11) is 0. The van der Waals surface area contributed by atoms with Gasteiger partial charge in [-0.3, -0.25) is 4.79 Å². The zero-order valence-electron chi connectivity index (χ0n) is 6.81. The molecule has 0 saturated carbocycles. The third kappa shape index (κ3) is 2.28. The standard InChI is InChI=1S/C7H7NO3S2/c1-2-12-7(11)5-4(6(9)10)3-8-13-5/h3H,2H2,1H3,(H,9,10). The number of carbonyl (C=O) groups excluding carboxylic acids is 1. The highest BCUT2D eigenvalue weighted by Gasteiger charge is 2.18. The van der Waals surface area contributed by atoms with E-state index in [1.165, 1.54) is 6.20 Å². The molecule has 0 atom stereocenters. The van der Waals surface area contributed by atoms with Crippen molar-refractivity contribution >= 4 is 34.4 Å². The molecular formula is C7H7NO3S2. The van der Waals surface area contributed by atoms with Gasteiger partial charge in [0.15, 0.2) is 0 Å². The first kappa shape index (κ1) is 10.2. The van der Waals surface area contributed by atoms with E-state index >= 15 is 0 Å². The van der Waals surface area contributed by atoms with Crippen LogP contribution in [0.3, 0.4) is 0 Å². The summed E-state index contributed by atoms with van der Waals surface area (Å²) in [5, 5.41) is 8.46. The van der Waals surface area contributed by atoms with Gasteiger partial charge >= 0.3 is 5.97 Å². The highest BCUT2D eigenvalue weighted by molar-refractivity contribution is 8.14. The van der Waals surface area contributed by atoms with Crippen molar-refractivity contribution in [3.8, 4) is 0 Å². The minimum Gasteiger partial charge on any atom is -0.478 e. The van der Waals surface area contributed by atoms with Crippen molar-refractivity contribution in [1.29, 1.82) is 0 Å². The molecular weight excluding hydrogens is 210 g/mol. The lowest BCUT2D eigenvalue weighted by atomic mass is 10.3. The van der Waals surface area contributed by atoms with Crippen LogP contribution in [0.2, 0.25) is 0 Å². The number of aromatic carboxylic acids is 1. The molecule has 0 amide bonds. The maximum atomic E-state index is 11.3. The fraction of sp³-hybridized carbons (Fsp3) is 0.286. The van der Waals surface area contributed by atoms with Crippen LogP contribution < -0.4 is 0 Å². The number of carboxylic acids is 1. The van der Waals surface area contributed by atoms with E-state index in [0.29, 0.717) is 5.75 Å². The number of thioether (sulfide) groups is 1. The monoisotopic (exact) mass is 217 g/mol. The first-order valence-corrected chi connectivity index (χ1v) is 5.27. The Hall–Kier alpha value is -0.880. The van der Waals surface area contributed by atoms with Gasteiger partial charge in [0.1, 0.15) is 10.4 Å². The largest absolute Gasteiger partial charge is 0.478 e. The van der Waals surface area contributed by atoms with Crippen molar-refractivity contribution in [2.45, 2.75) is 6.92 Å². The van der Waals surface area contributed by atoms with Crippen LogP contribution in [0.15, 0.2) is 6.20 Å². The van der Waals surface area contributed by atoms with Gasteiger partial charge in [-0.25, -0.2) is 4.79 Å². The number of hydrogen-bond acceptors (Lipinski definition) is 5. The summed E-state index contributed by atoms with van der Waals surface area (Å²) >= 11 is 2.01. The van der Waals surface area contributed by atoms with Gasteiger partial charge in [-0.1, -0.05) is 18.7 Å². The zero-order valence-corrected chi connectivity index (χ0v) is 8.44. The summed E-state index contributed by atoms with van der Waals surface area (Å²) in [4.78, 5) is 22.1. The third-order valence-electron chi connectivity index (χ3n) is 1.26. The predicted octanol–water partition coefficient (Wildman–Crippen LogP) is 1.73. The van der Waals surface area contributed by atoms with Gasteiger partial charge < -0.3 is 5.11 Å². The molecule has 1 heterocycles. The van der Waals surface area contributed by atoms with Crippen molar-refractivity contribution in [2.24, 2.45) is 0 Å². The van der Waals surface area contributed by atoms with E-state index in [2.05, 4.69) is 4.37 Å². The summed E-state index contributed by atoms with van der Waals surface area (Å²) in [5.74, 6) is -0.468. The van der Waals surface area contributed by atoms with Gasteiger partial charge in [0, 0.05) is 0 Å². The molecule has 0 aliphatic heterocycles. The Morgan fingerprint density at radius 2 is 2.38 bits per heavy atom. The van der Waals surface area contributed by atoms with Crippen LogP contribution in [-0.4, -0.2) is 26.3 Å². The molecule has 0 fully saturated rings. The van der Waals surface area contributed by atoms with E-state index < -0.39 is 5.97 Å². The van der Waals surface area contributed by atoms with Gasteiger partial charge in [0.05, 0.1) is 6.20 Å². The number of hydrogen-bond donors (Lipinski definition) is 1. The van der Waals surface area contributed by atoms with Crippen LogP contribution in [0.1, 0.15) is 27.0 Å². The number of rotatable bonds is 3. The first-order valence-electron chi connectivity index (χ1n) is 3.52. The second-order valence-electron chi connectivity index (χ2n) is 2.09. The molecule has 70 valence electrons. The molecule has 1 aromatic heterocycles. The molecule has 0 bridgehead atoms. The van der Waals surface area contributed by atoms with Crippen molar-refractivity contribution in [1.82, 2.24) is 4.37 Å². The van der Waals surface area contributed by atoms with Crippen molar-refractivity contribution < 1.29 is 14.7 Å². The fourth-order valence-corrected chi connectivity index (χ4v) is 2.10. The summed E-state index contributed by atoms with van der Waals surface area (Å²) in [6.07, 6.45) is 1.20. The van der Waals surface area contributed by atoms with E-state index in [1.54, 1.807) is 0 Å². The summed E-state index contributed by atoms with van der Waals surface area (Å²) in [6.45, 7) is 1.84. The van der Waals surface area contributed by atoms with Crippen LogP contribution in [0.25, 0.3) is 0 Å². The van der Waals surface area contributed by atoms with Crippen LogP contribution >= 0.6 is 23.3 Å². The molecule has 0 unspecified atom stereocenters. The molecule has 1 aromatic rings. The van der Waals surface area contributed by atoms with Crippen LogP contribution in [0.4, 0.5) is 0 Å². The van der Waals surface area contributed by atoms with Crippen LogP contribution in [0.5, 0.6) is 0 Å². The summed E-state index contributed by atoms with van der Waals surface area (Å²) < 4.78 is 3.67. The molecule has 1 rings (SSSR count). The van der Waals surface area contributed by atoms with E-state index in [9.17, 15) is 9.59 Å². The maximum Gasteiger partial charge on any atom is 0.338 e. The Morgan fingerprint density at radius 3 is 2.92 bits per heavy atom. The second kappa shape index (κ2) is 4.38. The van der Waals surface area contributed by atoms with Gasteiger partial charge in [-0.15, -0.1) is 0 Å². The van der Waals surface area contributed by atoms with E-state index in [4.69, 9.17) is 5.11 Å². The Morgan fingerprint density at radius 1 is 1.69 bits per heavy atom. The third-order valence-corrected chi connectivity index (χ3v) is 2.94. The number of carboxylic acid groups (broad SMARTS) is 1. The first-order chi connectivity index (χ1) is 6.16. The van der Waals surface area contributed by atoms with E-state index in [1.807, 2.05) is 6.92 Å². The van der Waals surface area contributed by atoms with Crippen molar-refractivity contribution in [2.75, 3.05) is 5.75 Å². The predicted molar refractivity (Wildman–Crippen MR) is 51.5 cm³/mol. The van der Waals surface area contributed by atoms with Crippen molar-refractivity contribution in [3.63, 3.8) is 0 Å². The SMILES string of the molecule is CCSC(=O)c1sncc1C(=O)O. The second-order valence-corrected chi connectivity index (χ2v) is 4.13. The van der Waals surface area contributed by atoms with Crippen LogP contribution in [0, 0.1) is 0 Å². The summed E-state index contributed by atoms with van der Waals surface area (Å²) in [6, 6.07) is 0. The topological polar surface area (TPSA) is 67.3 Å². The minimum atomic E-state index is -1.10. The minimum absolute atomic E-state index is 0.00375. The number of carbonyl (C=O) groups is 2. The average molecular weight is 217 g/mol. The smallest absolute Gasteiger partial charge is 0.338 e. The highest BCUT2D eigenvalue weighted by Crippen LogP contribution is 2.20. The summed E-state index contributed by atoms with van der Waals surface area (Å²) in [5.41, 5.74) is -0.00375. The van der Waals surface area contributed by atoms with E-state index in [0.717, 1.165) is 23.3 Å². The molecule has 4 nitrogen and oxygen atoms in total. The number of aromatic nitrogens is 1. The average Bonchev–Trinajstić information content (AvgIpc) is 2.52. The molecule has 1 N–H and O–H groups in total. The number of nitrogens with zero attached hydrogens (tertiary/aromatic N) is 1. The van der Waals surface area contributed by atoms with Crippen molar-refractivity contribution in [3.05, 3.63) is 16.6 Å². The molecule has 13 heavy (non-hydrogen) atoms. The van der Waals surface area contributed by atoms with Gasteiger partial charge in [-0.2, -0.15) is 4.37 Å². The molecule has 6 heteroatoms. The molecule has 0 aromatic carbocycles. The van der Waals surface area contributed by atoms with Gasteiger partial charge in [0.2, 0.25) is 5.12 Å². The maximum absolute atomic E-state index is 11.3. The van der Waals surface area contributed by atoms with Gasteiger partial charge in [-0.05, 0) is 17.3 Å². The zero-order chi connectivity index (χ0) is 9.84. The van der Waals surface area contributed by atoms with E-state index in [-0.39, 0.29) is 15.6 Å². The lowest BCUT2D eigenvalue weighted by Crippen LogP contribution is -2.01. The highest BCUT2D eigenvalue weighted by atomic mass is 32.2. The Balaban J connectivity index is 2.93. The fourth-order valence-electron chi connectivity index (χ4n) is 0.736. The Kier molecular flexibility index (Phi) is 3.44. The normalized spacial score (nSPS) is 9.92. The molecule has 0 aliphatic carbocycles. The molecule has 0 aliphatic rings. The molecule has 0 saturated heterocycles. The lowest BCUT2D eigenvalue weighted by Gasteiger charge is -1.94. The Labute approximate surface area is 83.1 Å². The van der Waals surface area contributed by atoms with Crippen LogP contribution in [-0.2, 0) is 0 Å². The Bertz CT molecular complexity index is 334. The lowest BCUT2D eigenvalue weighted by molar-refractivity contribution is 0.0694. The quantitative estimate of drug-likeness (QED) is 0.835. The molecule has 0 radical (unpaired) electrons.